The van der Waals surface area contributed by atoms with Crippen molar-refractivity contribution in [3.8, 4) is 0 Å². The predicted octanol–water partition coefficient (Wildman–Crippen LogP) is 0.527. The number of rotatable bonds is 7. The summed E-state index contributed by atoms with van der Waals surface area (Å²) < 4.78 is 4.84. The third-order valence-electron chi connectivity index (χ3n) is 2.15. The minimum Gasteiger partial charge on any atom is -0.480 e. The number of hydrogen-bond donors (Lipinski definition) is 1. The molecule has 8 heteroatoms. The number of pyridine rings is 1. The quantitative estimate of drug-likeness (QED) is 0.559. The first-order chi connectivity index (χ1) is 8.56. The highest BCUT2D eigenvalue weighted by atomic mass is 16.6. The molecule has 0 aliphatic heterocycles. The number of aromatic nitrogens is 1. The summed E-state index contributed by atoms with van der Waals surface area (Å²) in [5, 5.41) is 19.6. The van der Waals surface area contributed by atoms with E-state index in [1.807, 2.05) is 0 Å². The van der Waals surface area contributed by atoms with Gasteiger partial charge in [-0.3, -0.25) is 14.9 Å². The lowest BCUT2D eigenvalue weighted by Crippen LogP contribution is -2.33. The number of nitrogens with zero attached hydrogens (tertiary/aromatic N) is 3. The number of methoxy groups -OCH3 is 1. The second kappa shape index (κ2) is 6.50. The number of carboxylic acids is 1. The van der Waals surface area contributed by atoms with Crippen LogP contribution in [0, 0.1) is 10.1 Å². The summed E-state index contributed by atoms with van der Waals surface area (Å²) in [5.74, 6) is -1.06. The molecular weight excluding hydrogens is 242 g/mol. The zero-order chi connectivity index (χ0) is 13.5. The average molecular weight is 255 g/mol. The van der Waals surface area contributed by atoms with Crippen molar-refractivity contribution in [1.29, 1.82) is 0 Å². The smallest absolute Gasteiger partial charge is 0.323 e. The van der Waals surface area contributed by atoms with Crippen molar-refractivity contribution in [3.05, 3.63) is 28.4 Å². The Labute approximate surface area is 103 Å². The van der Waals surface area contributed by atoms with E-state index in [2.05, 4.69) is 4.98 Å². The van der Waals surface area contributed by atoms with Crippen LogP contribution >= 0.6 is 0 Å². The first-order valence-corrected chi connectivity index (χ1v) is 5.11. The summed E-state index contributed by atoms with van der Waals surface area (Å²) in [7, 11) is 1.46. The highest BCUT2D eigenvalue weighted by molar-refractivity contribution is 5.74. The van der Waals surface area contributed by atoms with Gasteiger partial charge in [-0.25, -0.2) is 4.98 Å². The number of carbonyl (C=O) groups is 1. The molecule has 0 bridgehead atoms. The topological polar surface area (TPSA) is 106 Å². The van der Waals surface area contributed by atoms with Gasteiger partial charge in [-0.15, -0.1) is 0 Å². The first kappa shape index (κ1) is 13.8. The molecule has 0 aromatic carbocycles. The summed E-state index contributed by atoms with van der Waals surface area (Å²) in [6.07, 6.45) is 1.38. The summed E-state index contributed by atoms with van der Waals surface area (Å²) in [5.41, 5.74) is -0.227. The van der Waals surface area contributed by atoms with Gasteiger partial charge in [0.15, 0.2) is 0 Å². The van der Waals surface area contributed by atoms with Crippen molar-refractivity contribution >= 4 is 17.5 Å². The highest BCUT2D eigenvalue weighted by Gasteiger charge is 2.21. The molecule has 0 fully saturated rings. The van der Waals surface area contributed by atoms with Crippen LogP contribution in [-0.4, -0.2) is 47.8 Å². The molecule has 0 unspecified atom stereocenters. The Bertz CT molecular complexity index is 437. The molecule has 1 heterocycles. The van der Waals surface area contributed by atoms with Crippen molar-refractivity contribution in [2.45, 2.75) is 0 Å². The maximum atomic E-state index is 10.8. The minimum atomic E-state index is -1.09. The molecule has 0 aliphatic carbocycles. The van der Waals surface area contributed by atoms with Crippen LogP contribution in [0.4, 0.5) is 11.5 Å². The fraction of sp³-hybridized carbons (Fsp3) is 0.400. The summed E-state index contributed by atoms with van der Waals surface area (Å²) in [4.78, 5) is 26.2. The number of anilines is 1. The Morgan fingerprint density at radius 2 is 2.39 bits per heavy atom. The predicted molar refractivity (Wildman–Crippen MR) is 62.6 cm³/mol. The van der Waals surface area contributed by atoms with Crippen molar-refractivity contribution in [2.24, 2.45) is 0 Å². The highest BCUT2D eigenvalue weighted by Crippen LogP contribution is 2.24. The Kier molecular flexibility index (Phi) is 5.00. The molecule has 1 aromatic rings. The zero-order valence-electron chi connectivity index (χ0n) is 9.78. The van der Waals surface area contributed by atoms with Crippen molar-refractivity contribution < 1.29 is 19.6 Å². The first-order valence-electron chi connectivity index (χ1n) is 5.11. The molecule has 18 heavy (non-hydrogen) atoms. The summed E-state index contributed by atoms with van der Waals surface area (Å²) in [6, 6.07) is 2.71. The molecule has 0 atom stereocenters. The maximum absolute atomic E-state index is 10.8. The molecule has 0 radical (unpaired) electrons. The Morgan fingerprint density at radius 3 is 2.94 bits per heavy atom. The Morgan fingerprint density at radius 1 is 1.67 bits per heavy atom. The summed E-state index contributed by atoms with van der Waals surface area (Å²) in [6.45, 7) is 0.0862. The molecule has 0 spiro atoms. The fourth-order valence-electron chi connectivity index (χ4n) is 1.40. The van der Waals surface area contributed by atoms with Crippen LogP contribution in [0.25, 0.3) is 0 Å². The lowest BCUT2D eigenvalue weighted by Gasteiger charge is -2.20. The molecule has 98 valence electrons. The lowest BCUT2D eigenvalue weighted by molar-refractivity contribution is -0.384. The molecule has 1 N–H and O–H groups in total. The maximum Gasteiger partial charge on any atom is 0.323 e. The molecule has 0 amide bonds. The molecule has 1 rings (SSSR count). The van der Waals surface area contributed by atoms with E-state index in [0.717, 1.165) is 0 Å². The van der Waals surface area contributed by atoms with Gasteiger partial charge >= 0.3 is 11.7 Å². The van der Waals surface area contributed by atoms with E-state index >= 15 is 0 Å². The standard InChI is InChI=1S/C10H13N3O5/c1-18-6-5-12(7-9(14)15)10-8(13(16)17)3-2-4-11-10/h2-4H,5-7H2,1H3,(H,14,15). The number of nitro groups is 1. The van der Waals surface area contributed by atoms with Crippen LogP contribution in [0.1, 0.15) is 0 Å². The van der Waals surface area contributed by atoms with E-state index in [0.29, 0.717) is 0 Å². The van der Waals surface area contributed by atoms with Crippen LogP contribution in [0.3, 0.4) is 0 Å². The van der Waals surface area contributed by atoms with E-state index in [1.54, 1.807) is 0 Å². The van der Waals surface area contributed by atoms with Crippen LogP contribution < -0.4 is 4.90 Å². The van der Waals surface area contributed by atoms with Gasteiger partial charge in [-0.1, -0.05) is 0 Å². The average Bonchev–Trinajstić information content (AvgIpc) is 2.34. The second-order valence-electron chi connectivity index (χ2n) is 3.41. The van der Waals surface area contributed by atoms with Crippen molar-refractivity contribution in [1.82, 2.24) is 4.98 Å². The number of ether oxygens (including phenoxy) is 1. The van der Waals surface area contributed by atoms with Gasteiger partial charge in [0, 0.05) is 25.9 Å². The summed E-state index contributed by atoms with van der Waals surface area (Å²) >= 11 is 0. The fourth-order valence-corrected chi connectivity index (χ4v) is 1.40. The van der Waals surface area contributed by atoms with E-state index < -0.39 is 10.9 Å². The number of aliphatic carboxylic acids is 1. The largest absolute Gasteiger partial charge is 0.480 e. The van der Waals surface area contributed by atoms with E-state index in [9.17, 15) is 14.9 Å². The van der Waals surface area contributed by atoms with Gasteiger partial charge in [0.25, 0.3) is 0 Å². The molecular formula is C10H13N3O5. The van der Waals surface area contributed by atoms with E-state index in [1.165, 1.54) is 30.3 Å². The van der Waals surface area contributed by atoms with Gasteiger partial charge in [0.1, 0.15) is 6.54 Å². The SMILES string of the molecule is COCCN(CC(=O)O)c1ncccc1[N+](=O)[O-]. The van der Waals surface area contributed by atoms with Crippen LogP contribution in [0.15, 0.2) is 18.3 Å². The number of carboxylic acid groups (broad SMARTS) is 1. The third-order valence-corrected chi connectivity index (χ3v) is 2.15. The van der Waals surface area contributed by atoms with Gasteiger partial charge in [0.2, 0.25) is 5.82 Å². The monoisotopic (exact) mass is 255 g/mol. The minimum absolute atomic E-state index is 0.0296. The van der Waals surface area contributed by atoms with E-state index in [4.69, 9.17) is 9.84 Å². The lowest BCUT2D eigenvalue weighted by atomic mass is 10.3. The van der Waals surface area contributed by atoms with Gasteiger partial charge < -0.3 is 14.7 Å². The number of hydrogen-bond acceptors (Lipinski definition) is 6. The third kappa shape index (κ3) is 3.67. The van der Waals surface area contributed by atoms with Crippen LogP contribution in [-0.2, 0) is 9.53 Å². The molecule has 0 saturated heterocycles. The molecule has 0 aliphatic rings. The van der Waals surface area contributed by atoms with Crippen LogP contribution in [0.5, 0.6) is 0 Å². The normalized spacial score (nSPS) is 10.1. The molecule has 1 aromatic heterocycles. The van der Waals surface area contributed by atoms with Gasteiger partial charge in [-0.05, 0) is 6.07 Å². The Hall–Kier alpha value is -2.22. The molecule has 8 nitrogen and oxygen atoms in total. The van der Waals surface area contributed by atoms with Crippen LogP contribution in [0.2, 0.25) is 0 Å². The Balaban J connectivity index is 3.03. The van der Waals surface area contributed by atoms with Gasteiger partial charge in [0.05, 0.1) is 11.5 Å². The van der Waals surface area contributed by atoms with Crippen molar-refractivity contribution in [2.75, 3.05) is 31.7 Å². The second-order valence-corrected chi connectivity index (χ2v) is 3.41. The van der Waals surface area contributed by atoms with E-state index in [-0.39, 0.29) is 31.2 Å². The zero-order valence-corrected chi connectivity index (χ0v) is 9.78. The van der Waals surface area contributed by atoms with Crippen molar-refractivity contribution in [3.63, 3.8) is 0 Å². The molecule has 0 saturated carbocycles. The van der Waals surface area contributed by atoms with Gasteiger partial charge in [-0.2, -0.15) is 0 Å².